The highest BCUT2D eigenvalue weighted by Crippen LogP contribution is 2.46. The number of hydrogen-bond acceptors (Lipinski definition) is 3. The standard InChI is InChI=1S/C15H17N3S/c1-15(2)8-12(15)18-14-10(13(16)19)7-9-5-3-4-6-11(9)17-14/h3-7,12H,8H2,1-2H3,(H2,16,19)(H,17,18). The molecule has 0 saturated heterocycles. The van der Waals surface area contributed by atoms with Crippen molar-refractivity contribution in [3.63, 3.8) is 0 Å². The van der Waals surface area contributed by atoms with Gasteiger partial charge in [-0.1, -0.05) is 44.3 Å². The number of benzene rings is 1. The normalized spacial score (nSPS) is 20.2. The van der Waals surface area contributed by atoms with Crippen LogP contribution in [0.2, 0.25) is 0 Å². The van der Waals surface area contributed by atoms with Crippen molar-refractivity contribution in [2.45, 2.75) is 26.3 Å². The van der Waals surface area contributed by atoms with E-state index in [9.17, 15) is 0 Å². The molecule has 1 fully saturated rings. The van der Waals surface area contributed by atoms with Gasteiger partial charge in [0.05, 0.1) is 11.1 Å². The molecule has 19 heavy (non-hydrogen) atoms. The van der Waals surface area contributed by atoms with Gasteiger partial charge >= 0.3 is 0 Å². The monoisotopic (exact) mass is 271 g/mol. The summed E-state index contributed by atoms with van der Waals surface area (Å²) < 4.78 is 0. The predicted molar refractivity (Wildman–Crippen MR) is 83.4 cm³/mol. The van der Waals surface area contributed by atoms with Gasteiger partial charge in [-0.3, -0.25) is 0 Å². The Morgan fingerprint density at radius 2 is 2.11 bits per heavy atom. The average Bonchev–Trinajstić information content (AvgIpc) is 2.95. The van der Waals surface area contributed by atoms with E-state index in [1.165, 1.54) is 0 Å². The number of fused-ring (bicyclic) bond motifs is 1. The summed E-state index contributed by atoms with van der Waals surface area (Å²) in [6.07, 6.45) is 1.15. The van der Waals surface area contributed by atoms with Gasteiger partial charge in [-0.05, 0) is 24.0 Å². The summed E-state index contributed by atoms with van der Waals surface area (Å²) >= 11 is 5.14. The molecule has 1 aliphatic rings. The van der Waals surface area contributed by atoms with E-state index in [1.807, 2.05) is 30.3 Å². The summed E-state index contributed by atoms with van der Waals surface area (Å²) in [6, 6.07) is 10.5. The molecule has 1 aromatic heterocycles. The molecule has 1 aromatic carbocycles. The number of nitrogens with zero attached hydrogens (tertiary/aromatic N) is 1. The summed E-state index contributed by atoms with van der Waals surface area (Å²) in [6.45, 7) is 4.48. The maximum atomic E-state index is 5.82. The van der Waals surface area contributed by atoms with E-state index in [4.69, 9.17) is 18.0 Å². The molecule has 1 heterocycles. The Morgan fingerprint density at radius 3 is 2.74 bits per heavy atom. The summed E-state index contributed by atoms with van der Waals surface area (Å²) in [5.41, 5.74) is 7.95. The Morgan fingerprint density at radius 1 is 1.42 bits per heavy atom. The van der Waals surface area contributed by atoms with Crippen LogP contribution in [0.1, 0.15) is 25.8 Å². The zero-order valence-corrected chi connectivity index (χ0v) is 11.9. The number of nitrogens with two attached hydrogens (primary N) is 1. The van der Waals surface area contributed by atoms with Crippen LogP contribution >= 0.6 is 12.2 Å². The van der Waals surface area contributed by atoms with E-state index in [0.717, 1.165) is 28.7 Å². The Bertz CT molecular complexity index is 663. The molecule has 0 aliphatic heterocycles. The number of nitrogens with one attached hydrogen (secondary N) is 1. The van der Waals surface area contributed by atoms with Crippen molar-refractivity contribution in [1.29, 1.82) is 0 Å². The molecule has 0 spiro atoms. The predicted octanol–water partition coefficient (Wildman–Crippen LogP) is 3.08. The van der Waals surface area contributed by atoms with E-state index in [2.05, 4.69) is 24.1 Å². The second-order valence-corrected chi connectivity index (χ2v) is 6.27. The number of anilines is 1. The first kappa shape index (κ1) is 12.4. The van der Waals surface area contributed by atoms with Crippen molar-refractivity contribution < 1.29 is 0 Å². The lowest BCUT2D eigenvalue weighted by molar-refractivity contribution is 0.630. The van der Waals surface area contributed by atoms with Crippen LogP contribution in [0.15, 0.2) is 30.3 Å². The minimum absolute atomic E-state index is 0.334. The zero-order chi connectivity index (χ0) is 13.6. The maximum absolute atomic E-state index is 5.82. The van der Waals surface area contributed by atoms with Gasteiger partial charge in [0, 0.05) is 11.4 Å². The highest BCUT2D eigenvalue weighted by molar-refractivity contribution is 7.80. The second kappa shape index (κ2) is 4.17. The van der Waals surface area contributed by atoms with Crippen molar-refractivity contribution >= 4 is 33.9 Å². The minimum Gasteiger partial charge on any atom is -0.389 e. The largest absolute Gasteiger partial charge is 0.389 e. The molecule has 1 aliphatic carbocycles. The van der Waals surface area contributed by atoms with Crippen molar-refractivity contribution in [2.75, 3.05) is 5.32 Å². The molecular formula is C15H17N3S. The number of pyridine rings is 1. The van der Waals surface area contributed by atoms with Gasteiger partial charge in [-0.2, -0.15) is 0 Å². The Hall–Kier alpha value is -1.68. The molecule has 1 saturated carbocycles. The lowest BCUT2D eigenvalue weighted by atomic mass is 10.1. The van der Waals surface area contributed by atoms with Crippen LogP contribution in [0.3, 0.4) is 0 Å². The molecule has 1 atom stereocenters. The number of para-hydroxylation sites is 1. The van der Waals surface area contributed by atoms with Crippen LogP contribution < -0.4 is 11.1 Å². The molecular weight excluding hydrogens is 254 g/mol. The molecule has 0 radical (unpaired) electrons. The van der Waals surface area contributed by atoms with Crippen LogP contribution in [0.4, 0.5) is 5.82 Å². The van der Waals surface area contributed by atoms with Crippen molar-refractivity contribution in [1.82, 2.24) is 4.98 Å². The fourth-order valence-corrected chi connectivity index (χ4v) is 2.45. The molecule has 3 rings (SSSR count). The van der Waals surface area contributed by atoms with Crippen LogP contribution in [-0.4, -0.2) is 16.0 Å². The van der Waals surface area contributed by atoms with Gasteiger partial charge in [-0.25, -0.2) is 4.98 Å². The van der Waals surface area contributed by atoms with Gasteiger partial charge in [0.1, 0.15) is 10.8 Å². The second-order valence-electron chi connectivity index (χ2n) is 5.83. The van der Waals surface area contributed by atoms with Gasteiger partial charge in [0.15, 0.2) is 0 Å². The molecule has 0 bridgehead atoms. The van der Waals surface area contributed by atoms with Crippen LogP contribution in [0.25, 0.3) is 10.9 Å². The summed E-state index contributed by atoms with van der Waals surface area (Å²) in [7, 11) is 0. The van der Waals surface area contributed by atoms with Crippen molar-refractivity contribution in [2.24, 2.45) is 11.1 Å². The molecule has 0 amide bonds. The molecule has 2 aromatic rings. The van der Waals surface area contributed by atoms with Gasteiger partial charge < -0.3 is 11.1 Å². The number of aromatic nitrogens is 1. The number of thiocarbonyl (C=S) groups is 1. The summed E-state index contributed by atoms with van der Waals surface area (Å²) in [5, 5.41) is 4.53. The molecule has 3 N–H and O–H groups in total. The third-order valence-corrected chi connectivity index (χ3v) is 4.03. The lowest BCUT2D eigenvalue weighted by Gasteiger charge is -2.13. The number of hydrogen-bond donors (Lipinski definition) is 2. The van der Waals surface area contributed by atoms with Gasteiger partial charge in [-0.15, -0.1) is 0 Å². The SMILES string of the molecule is CC1(C)CC1Nc1nc2ccccc2cc1C(N)=S. The Kier molecular flexibility index (Phi) is 2.71. The van der Waals surface area contributed by atoms with E-state index in [0.29, 0.717) is 16.4 Å². The zero-order valence-electron chi connectivity index (χ0n) is 11.1. The fourth-order valence-electron chi connectivity index (χ4n) is 2.29. The Labute approximate surface area is 118 Å². The van der Waals surface area contributed by atoms with Crippen molar-refractivity contribution in [3.8, 4) is 0 Å². The first-order valence-corrected chi connectivity index (χ1v) is 6.84. The summed E-state index contributed by atoms with van der Waals surface area (Å²) in [4.78, 5) is 5.05. The first-order valence-electron chi connectivity index (χ1n) is 6.43. The van der Waals surface area contributed by atoms with E-state index >= 15 is 0 Å². The fraction of sp³-hybridized carbons (Fsp3) is 0.333. The van der Waals surface area contributed by atoms with E-state index in [-0.39, 0.29) is 0 Å². The average molecular weight is 271 g/mol. The first-order chi connectivity index (χ1) is 8.97. The molecule has 4 heteroatoms. The highest BCUT2D eigenvalue weighted by atomic mass is 32.1. The molecule has 98 valence electrons. The Balaban J connectivity index is 2.05. The van der Waals surface area contributed by atoms with Crippen molar-refractivity contribution in [3.05, 3.63) is 35.9 Å². The van der Waals surface area contributed by atoms with Gasteiger partial charge in [0.2, 0.25) is 0 Å². The van der Waals surface area contributed by atoms with Crippen LogP contribution in [-0.2, 0) is 0 Å². The molecule has 1 unspecified atom stereocenters. The van der Waals surface area contributed by atoms with E-state index < -0.39 is 0 Å². The smallest absolute Gasteiger partial charge is 0.137 e. The van der Waals surface area contributed by atoms with E-state index in [1.54, 1.807) is 0 Å². The third-order valence-electron chi connectivity index (χ3n) is 3.81. The molecule has 3 nitrogen and oxygen atoms in total. The highest BCUT2D eigenvalue weighted by Gasteiger charge is 2.46. The lowest BCUT2D eigenvalue weighted by Crippen LogP contribution is -2.17. The van der Waals surface area contributed by atoms with Gasteiger partial charge in [0.25, 0.3) is 0 Å². The summed E-state index contributed by atoms with van der Waals surface area (Å²) in [5.74, 6) is 0.807. The van der Waals surface area contributed by atoms with Crippen LogP contribution in [0.5, 0.6) is 0 Å². The quantitative estimate of drug-likeness (QED) is 0.842. The topological polar surface area (TPSA) is 50.9 Å². The van der Waals surface area contributed by atoms with Crippen LogP contribution in [0, 0.1) is 5.41 Å². The maximum Gasteiger partial charge on any atom is 0.137 e. The number of rotatable bonds is 3. The minimum atomic E-state index is 0.334. The third kappa shape index (κ3) is 2.28.